The Balaban J connectivity index is 2.87. The van der Waals surface area contributed by atoms with E-state index in [-0.39, 0.29) is 0 Å². The van der Waals surface area contributed by atoms with E-state index in [9.17, 15) is 0 Å². The number of rotatable bonds is 10. The number of nitrogens with one attached hydrogen (secondary N) is 1. The highest BCUT2D eigenvalue weighted by Gasteiger charge is 2.14. The molecule has 4 nitrogen and oxygen atoms in total. The van der Waals surface area contributed by atoms with E-state index in [0.29, 0.717) is 23.9 Å². The zero-order chi connectivity index (χ0) is 15.7. The van der Waals surface area contributed by atoms with Gasteiger partial charge in [0.05, 0.1) is 20.8 Å². The molecule has 0 radical (unpaired) electrons. The van der Waals surface area contributed by atoms with E-state index in [1.807, 2.05) is 19.1 Å². The van der Waals surface area contributed by atoms with Crippen molar-refractivity contribution in [2.75, 3.05) is 27.4 Å². The average Bonchev–Trinajstić information content (AvgIpc) is 2.47. The third-order valence-electron chi connectivity index (χ3n) is 3.05. The first kappa shape index (κ1) is 17.4. The summed E-state index contributed by atoms with van der Waals surface area (Å²) in [5.41, 5.74) is 2.21. The predicted molar refractivity (Wildman–Crippen MR) is 86.5 cm³/mol. The van der Waals surface area contributed by atoms with Crippen LogP contribution in [0.3, 0.4) is 0 Å². The summed E-state index contributed by atoms with van der Waals surface area (Å²) in [5, 5.41) is 3.37. The van der Waals surface area contributed by atoms with Gasteiger partial charge in [0.1, 0.15) is 0 Å². The van der Waals surface area contributed by atoms with Crippen molar-refractivity contribution in [3.8, 4) is 17.2 Å². The summed E-state index contributed by atoms with van der Waals surface area (Å²) in [5.74, 6) is 2.05. The fraction of sp³-hybridized carbons (Fsp3) is 0.529. The maximum Gasteiger partial charge on any atom is 0.203 e. The van der Waals surface area contributed by atoms with Crippen molar-refractivity contribution >= 4 is 0 Å². The monoisotopic (exact) mass is 293 g/mol. The summed E-state index contributed by atoms with van der Waals surface area (Å²) in [4.78, 5) is 0. The van der Waals surface area contributed by atoms with Gasteiger partial charge in [0.2, 0.25) is 5.75 Å². The first-order valence-corrected chi connectivity index (χ1v) is 7.35. The molecule has 0 aromatic heterocycles. The molecule has 0 atom stereocenters. The van der Waals surface area contributed by atoms with Crippen LogP contribution in [0.5, 0.6) is 17.2 Å². The largest absolute Gasteiger partial charge is 0.493 e. The zero-order valence-electron chi connectivity index (χ0n) is 13.6. The molecule has 0 aliphatic rings. The van der Waals surface area contributed by atoms with Gasteiger partial charge >= 0.3 is 0 Å². The Hall–Kier alpha value is -1.68. The molecule has 0 heterocycles. The molecule has 1 rings (SSSR count). The van der Waals surface area contributed by atoms with Gasteiger partial charge in [-0.3, -0.25) is 0 Å². The third-order valence-corrected chi connectivity index (χ3v) is 3.05. The number of hydrogen-bond donors (Lipinski definition) is 1. The Morgan fingerprint density at radius 2 is 1.81 bits per heavy atom. The highest BCUT2D eigenvalue weighted by atomic mass is 16.5. The van der Waals surface area contributed by atoms with Crippen LogP contribution >= 0.6 is 0 Å². The van der Waals surface area contributed by atoms with E-state index in [0.717, 1.165) is 37.1 Å². The van der Waals surface area contributed by atoms with Crippen molar-refractivity contribution in [1.82, 2.24) is 5.32 Å². The maximum absolute atomic E-state index is 5.81. The lowest BCUT2D eigenvalue weighted by atomic mass is 10.1. The van der Waals surface area contributed by atoms with Crippen LogP contribution in [0.2, 0.25) is 0 Å². The lowest BCUT2D eigenvalue weighted by Gasteiger charge is -2.16. The molecule has 1 N–H and O–H groups in total. The maximum atomic E-state index is 5.81. The van der Waals surface area contributed by atoms with E-state index in [4.69, 9.17) is 14.2 Å². The fourth-order valence-corrected chi connectivity index (χ4v) is 1.92. The second kappa shape index (κ2) is 9.29. The van der Waals surface area contributed by atoms with Crippen molar-refractivity contribution < 1.29 is 14.2 Å². The van der Waals surface area contributed by atoms with Crippen molar-refractivity contribution in [3.05, 3.63) is 29.8 Å². The van der Waals surface area contributed by atoms with Crippen molar-refractivity contribution in [1.29, 1.82) is 0 Å². The second-order valence-electron chi connectivity index (χ2n) is 5.06. The normalized spacial score (nSPS) is 10.3. The molecule has 0 aliphatic carbocycles. The van der Waals surface area contributed by atoms with Crippen LogP contribution in [0, 0.1) is 0 Å². The van der Waals surface area contributed by atoms with Crippen molar-refractivity contribution in [3.63, 3.8) is 0 Å². The minimum absolute atomic E-state index is 0.565. The molecule has 0 amide bonds. The molecule has 4 heteroatoms. The molecule has 0 unspecified atom stereocenters. The first-order valence-electron chi connectivity index (χ1n) is 7.35. The molecule has 21 heavy (non-hydrogen) atoms. The van der Waals surface area contributed by atoms with Gasteiger partial charge in [-0.2, -0.15) is 0 Å². The van der Waals surface area contributed by atoms with Crippen LogP contribution in [0.25, 0.3) is 0 Å². The van der Waals surface area contributed by atoms with Gasteiger partial charge in [-0.25, -0.2) is 0 Å². The van der Waals surface area contributed by atoms with Crippen LogP contribution in [-0.2, 0) is 6.54 Å². The zero-order valence-corrected chi connectivity index (χ0v) is 13.6. The molecule has 0 fully saturated rings. The molecule has 0 saturated carbocycles. The summed E-state index contributed by atoms with van der Waals surface area (Å²) >= 11 is 0. The number of methoxy groups -OCH3 is 2. The molecular formula is C17H27NO3. The average molecular weight is 293 g/mol. The van der Waals surface area contributed by atoms with E-state index in [1.165, 1.54) is 0 Å². The number of hydrogen-bond acceptors (Lipinski definition) is 4. The minimum atomic E-state index is 0.565. The predicted octanol–water partition coefficient (Wildman–Crippen LogP) is 3.55. The molecule has 0 aliphatic heterocycles. The van der Waals surface area contributed by atoms with Crippen molar-refractivity contribution in [2.45, 2.75) is 33.2 Å². The van der Waals surface area contributed by atoms with Crippen LogP contribution in [0.15, 0.2) is 24.3 Å². The third kappa shape index (κ3) is 5.68. The summed E-state index contributed by atoms with van der Waals surface area (Å²) in [7, 11) is 3.28. The van der Waals surface area contributed by atoms with Gasteiger partial charge in [0.15, 0.2) is 11.5 Å². The van der Waals surface area contributed by atoms with Crippen molar-refractivity contribution in [2.24, 2.45) is 0 Å². The number of benzene rings is 1. The standard InChI is InChI=1S/C17H27NO3/c1-6-8-18-12-14-10-15(19-4)17(16(11-14)20-5)21-9-7-13(2)3/h10-11,18H,2,6-9,12H2,1,3-5H3. The first-order chi connectivity index (χ1) is 10.1. The molecule has 0 saturated heterocycles. The molecule has 0 spiro atoms. The topological polar surface area (TPSA) is 39.7 Å². The Kier molecular flexibility index (Phi) is 7.69. The van der Waals surface area contributed by atoms with E-state index < -0.39 is 0 Å². The van der Waals surface area contributed by atoms with Crippen LogP contribution < -0.4 is 19.5 Å². The smallest absolute Gasteiger partial charge is 0.203 e. The summed E-state index contributed by atoms with van der Waals surface area (Å²) in [6.07, 6.45) is 1.92. The lowest BCUT2D eigenvalue weighted by molar-refractivity contribution is 0.277. The van der Waals surface area contributed by atoms with Gasteiger partial charge in [-0.05, 0) is 37.6 Å². The van der Waals surface area contributed by atoms with Gasteiger partial charge < -0.3 is 19.5 Å². The quantitative estimate of drug-likeness (QED) is 0.529. The van der Waals surface area contributed by atoms with Gasteiger partial charge in [0.25, 0.3) is 0 Å². The molecule has 1 aromatic carbocycles. The Labute approximate surface area is 128 Å². The molecular weight excluding hydrogens is 266 g/mol. The van der Waals surface area contributed by atoms with Gasteiger partial charge in [-0.15, -0.1) is 6.58 Å². The second-order valence-corrected chi connectivity index (χ2v) is 5.06. The fourth-order valence-electron chi connectivity index (χ4n) is 1.92. The van der Waals surface area contributed by atoms with E-state index in [2.05, 4.69) is 18.8 Å². The minimum Gasteiger partial charge on any atom is -0.493 e. The van der Waals surface area contributed by atoms with Gasteiger partial charge in [-0.1, -0.05) is 12.5 Å². The SMILES string of the molecule is C=C(C)CCOc1c(OC)cc(CNCCC)cc1OC. The molecule has 1 aromatic rings. The number of ether oxygens (including phenoxy) is 3. The van der Waals surface area contributed by atoms with E-state index >= 15 is 0 Å². The Morgan fingerprint density at radius 3 is 2.29 bits per heavy atom. The summed E-state index contributed by atoms with van der Waals surface area (Å²) in [6, 6.07) is 3.97. The van der Waals surface area contributed by atoms with Gasteiger partial charge in [0, 0.05) is 13.0 Å². The highest BCUT2D eigenvalue weighted by Crippen LogP contribution is 2.38. The van der Waals surface area contributed by atoms with E-state index in [1.54, 1.807) is 14.2 Å². The lowest BCUT2D eigenvalue weighted by Crippen LogP contribution is -2.14. The Bertz CT molecular complexity index is 432. The molecule has 118 valence electrons. The highest BCUT2D eigenvalue weighted by molar-refractivity contribution is 5.53. The summed E-state index contributed by atoms with van der Waals surface area (Å²) in [6.45, 7) is 10.3. The van der Waals surface area contributed by atoms with Crippen LogP contribution in [0.4, 0.5) is 0 Å². The van der Waals surface area contributed by atoms with Crippen LogP contribution in [-0.4, -0.2) is 27.4 Å². The van der Waals surface area contributed by atoms with Crippen LogP contribution in [0.1, 0.15) is 32.3 Å². The Morgan fingerprint density at radius 1 is 1.19 bits per heavy atom. The molecule has 0 bridgehead atoms. The summed E-state index contributed by atoms with van der Waals surface area (Å²) < 4.78 is 16.7.